The van der Waals surface area contributed by atoms with E-state index in [9.17, 15) is 18.0 Å². The number of aromatic nitrogens is 1. The first-order valence-corrected chi connectivity index (χ1v) is 4.85. The van der Waals surface area contributed by atoms with Crippen LogP contribution in [0.1, 0.15) is 5.69 Å². The highest BCUT2D eigenvalue weighted by Gasteiger charge is 2.21. The molecule has 2 N–H and O–H groups in total. The van der Waals surface area contributed by atoms with Crippen LogP contribution in [0.3, 0.4) is 0 Å². The molecular weight excluding hydrogens is 208 g/mol. The van der Waals surface area contributed by atoms with E-state index in [0.717, 1.165) is 18.3 Å². The van der Waals surface area contributed by atoms with Gasteiger partial charge in [0.15, 0.2) is 0 Å². The largest absolute Gasteiger partial charge is 0.356 e. The van der Waals surface area contributed by atoms with Crippen LogP contribution in [-0.4, -0.2) is 24.9 Å². The fourth-order valence-electron chi connectivity index (χ4n) is 0.716. The maximum atomic E-state index is 11.1. The van der Waals surface area contributed by atoms with E-state index in [2.05, 4.69) is 10.7 Å². The second-order valence-electron chi connectivity index (χ2n) is 2.30. The van der Waals surface area contributed by atoms with Crippen LogP contribution in [0.25, 0.3) is 0 Å². The van der Waals surface area contributed by atoms with Crippen LogP contribution in [0.2, 0.25) is 0 Å². The quantitative estimate of drug-likeness (QED) is 0.705. The average Bonchev–Trinajstić information content (AvgIpc) is 2.17. The van der Waals surface area contributed by atoms with Crippen LogP contribution in [0, 0.1) is 0 Å². The molecule has 1 aromatic rings. The molecule has 1 amide bonds. The van der Waals surface area contributed by atoms with Gasteiger partial charge in [-0.2, -0.15) is 0 Å². The summed E-state index contributed by atoms with van der Waals surface area (Å²) in [5, 5.41) is -1.46. The van der Waals surface area contributed by atoms with Gasteiger partial charge in [-0.15, -0.1) is 0 Å². The molecule has 0 unspecified atom stereocenters. The molecule has 0 spiro atoms. The molecular formula is C7H5N2O4S. The van der Waals surface area contributed by atoms with E-state index in [0.29, 0.717) is 0 Å². The van der Waals surface area contributed by atoms with Crippen molar-refractivity contribution >= 4 is 21.4 Å². The van der Waals surface area contributed by atoms with Crippen LogP contribution >= 0.6 is 0 Å². The van der Waals surface area contributed by atoms with Crippen molar-refractivity contribution in [1.29, 1.82) is 0 Å². The second-order valence-corrected chi connectivity index (χ2v) is 4.18. The molecule has 73 valence electrons. The number of carbonyl (C=O) groups excluding carboxylic acids is 2. The molecule has 1 aromatic heterocycles. The summed E-state index contributed by atoms with van der Waals surface area (Å²) in [6.45, 7) is 0. The molecule has 0 aliphatic heterocycles. The molecule has 14 heavy (non-hydrogen) atoms. The third-order valence-corrected chi connectivity index (χ3v) is 2.81. The maximum absolute atomic E-state index is 11.1. The summed E-state index contributed by atoms with van der Waals surface area (Å²) >= 11 is 0. The van der Waals surface area contributed by atoms with Crippen LogP contribution < -0.4 is 5.73 Å². The molecule has 6 nitrogen and oxygen atoms in total. The molecule has 0 aromatic carbocycles. The van der Waals surface area contributed by atoms with Gasteiger partial charge in [0, 0.05) is 6.20 Å². The fraction of sp³-hybridized carbons (Fsp3) is 0. The van der Waals surface area contributed by atoms with Gasteiger partial charge in [0.1, 0.15) is 5.69 Å². The van der Waals surface area contributed by atoms with Gasteiger partial charge in [0.05, 0.1) is 4.90 Å². The molecule has 0 fully saturated rings. The van der Waals surface area contributed by atoms with Crippen LogP contribution in [0.15, 0.2) is 23.2 Å². The number of pyridine rings is 1. The first-order chi connectivity index (χ1) is 6.48. The second kappa shape index (κ2) is 3.54. The van der Waals surface area contributed by atoms with Crippen molar-refractivity contribution in [2.45, 2.75) is 4.90 Å². The van der Waals surface area contributed by atoms with Gasteiger partial charge in [-0.25, -0.2) is 8.42 Å². The minimum absolute atomic E-state index is 0.0478. The van der Waals surface area contributed by atoms with Gasteiger partial charge in [-0.3, -0.25) is 14.6 Å². The van der Waals surface area contributed by atoms with E-state index in [1.807, 2.05) is 0 Å². The van der Waals surface area contributed by atoms with Crippen molar-refractivity contribution in [3.8, 4) is 0 Å². The minimum atomic E-state index is -4.16. The number of sulfone groups is 1. The molecule has 7 heteroatoms. The van der Waals surface area contributed by atoms with Crippen LogP contribution in [0.4, 0.5) is 4.79 Å². The van der Waals surface area contributed by atoms with Crippen molar-refractivity contribution in [3.63, 3.8) is 0 Å². The lowest BCUT2D eigenvalue weighted by Crippen LogP contribution is -2.21. The fourth-order valence-corrected chi connectivity index (χ4v) is 1.39. The summed E-state index contributed by atoms with van der Waals surface area (Å²) in [7, 11) is -4.16. The van der Waals surface area contributed by atoms with Crippen molar-refractivity contribution < 1.29 is 18.0 Å². The first kappa shape index (κ1) is 10.3. The Labute approximate surface area is 79.7 Å². The van der Waals surface area contributed by atoms with Crippen molar-refractivity contribution in [1.82, 2.24) is 4.98 Å². The normalized spacial score (nSPS) is 10.9. The van der Waals surface area contributed by atoms with Crippen LogP contribution in [-0.2, 0) is 14.6 Å². The van der Waals surface area contributed by atoms with Crippen molar-refractivity contribution in [3.05, 3.63) is 24.0 Å². The number of nitrogens with two attached hydrogens (primary N) is 1. The number of primary amides is 1. The Bertz CT molecular complexity index is 463. The van der Waals surface area contributed by atoms with Gasteiger partial charge < -0.3 is 5.73 Å². The van der Waals surface area contributed by atoms with Gasteiger partial charge in [0.25, 0.3) is 16.1 Å². The lowest BCUT2D eigenvalue weighted by molar-refractivity contribution is 0.265. The zero-order valence-corrected chi connectivity index (χ0v) is 7.61. The van der Waals surface area contributed by atoms with Crippen molar-refractivity contribution in [2.75, 3.05) is 0 Å². The highest BCUT2D eigenvalue weighted by molar-refractivity contribution is 8.06. The van der Waals surface area contributed by atoms with E-state index in [-0.39, 0.29) is 10.6 Å². The Morgan fingerprint density at radius 1 is 1.43 bits per heavy atom. The number of hydrogen-bond donors (Lipinski definition) is 1. The van der Waals surface area contributed by atoms with Gasteiger partial charge in [0.2, 0.25) is 0 Å². The maximum Gasteiger partial charge on any atom is 0.338 e. The molecule has 0 saturated heterocycles. The van der Waals surface area contributed by atoms with Crippen molar-refractivity contribution in [2.24, 2.45) is 5.73 Å². The van der Waals surface area contributed by atoms with Gasteiger partial charge >= 0.3 is 5.24 Å². The Hall–Kier alpha value is -1.76. The summed E-state index contributed by atoms with van der Waals surface area (Å²) in [5.74, 6) is 0. The predicted octanol–water partition coefficient (Wildman–Crippen LogP) is -0.608. The highest BCUT2D eigenvalue weighted by Crippen LogP contribution is 2.09. The standard InChI is InChI=1S/C7H5N2O4S/c8-7(11)14(12,13)6-2-1-5(4-10)9-3-6/h1-3H,(H2,8,11). The molecule has 0 aliphatic rings. The highest BCUT2D eigenvalue weighted by atomic mass is 32.2. The number of carbonyl (C=O) groups is 1. The zero-order valence-electron chi connectivity index (χ0n) is 6.80. The minimum Gasteiger partial charge on any atom is -0.356 e. The molecule has 1 heterocycles. The third-order valence-electron chi connectivity index (χ3n) is 1.42. The molecule has 1 rings (SSSR count). The Morgan fingerprint density at radius 3 is 2.43 bits per heavy atom. The van der Waals surface area contributed by atoms with E-state index in [4.69, 9.17) is 0 Å². The number of nitrogens with zero attached hydrogens (tertiary/aromatic N) is 1. The summed E-state index contributed by atoms with van der Waals surface area (Å²) < 4.78 is 22.2. The smallest absolute Gasteiger partial charge is 0.338 e. The Morgan fingerprint density at radius 2 is 2.07 bits per heavy atom. The monoisotopic (exact) mass is 213 g/mol. The van der Waals surface area contributed by atoms with Gasteiger partial charge in [-0.1, -0.05) is 0 Å². The van der Waals surface area contributed by atoms with E-state index >= 15 is 0 Å². The SMILES string of the molecule is NC(=O)S(=O)(=O)c1ccc([C]=O)nc1. The number of amides is 1. The molecule has 0 bridgehead atoms. The molecule has 0 aliphatic carbocycles. The summed E-state index contributed by atoms with van der Waals surface area (Å²) in [6, 6.07) is 2.19. The lowest BCUT2D eigenvalue weighted by atomic mass is 10.4. The molecule has 0 atom stereocenters. The average molecular weight is 213 g/mol. The summed E-state index contributed by atoms with van der Waals surface area (Å²) in [4.78, 5) is 23.7. The third kappa shape index (κ3) is 1.77. The van der Waals surface area contributed by atoms with E-state index < -0.39 is 15.1 Å². The molecule has 0 saturated carbocycles. The first-order valence-electron chi connectivity index (χ1n) is 3.37. The van der Waals surface area contributed by atoms with E-state index in [1.54, 1.807) is 0 Å². The molecule has 1 radical (unpaired) electrons. The summed E-state index contributed by atoms with van der Waals surface area (Å²) in [5.41, 5.74) is 4.59. The summed E-state index contributed by atoms with van der Waals surface area (Å²) in [6.07, 6.45) is 2.34. The van der Waals surface area contributed by atoms with E-state index in [1.165, 1.54) is 6.29 Å². The van der Waals surface area contributed by atoms with Crippen LogP contribution in [0.5, 0.6) is 0 Å². The lowest BCUT2D eigenvalue weighted by Gasteiger charge is -1.97. The predicted molar refractivity (Wildman–Crippen MR) is 45.8 cm³/mol. The number of hydrogen-bond acceptors (Lipinski definition) is 5. The Kier molecular flexibility index (Phi) is 2.61. The topological polar surface area (TPSA) is 107 Å². The Balaban J connectivity index is 3.23. The van der Waals surface area contributed by atoms with Gasteiger partial charge in [-0.05, 0) is 12.1 Å². The number of rotatable bonds is 2. The zero-order chi connectivity index (χ0) is 10.8.